The van der Waals surface area contributed by atoms with Gasteiger partial charge in [0.25, 0.3) is 6.02 Å². The fourth-order valence-electron chi connectivity index (χ4n) is 3.52. The Hall–Kier alpha value is -4.20. The Bertz CT molecular complexity index is 1340. The van der Waals surface area contributed by atoms with Crippen LogP contribution < -0.4 is 15.4 Å². The largest absolute Gasteiger partial charge is 0.463 e. The zero-order valence-corrected chi connectivity index (χ0v) is 18.7. The molecular weight excluding hydrogens is 416 g/mol. The van der Waals surface area contributed by atoms with Gasteiger partial charge in [-0.15, -0.1) is 0 Å². The maximum Gasteiger partial charge on any atom is 0.289 e. The van der Waals surface area contributed by atoms with Crippen LogP contribution in [0.1, 0.15) is 18.2 Å². The molecule has 0 spiro atoms. The van der Waals surface area contributed by atoms with E-state index in [0.29, 0.717) is 24.2 Å². The first kappa shape index (κ1) is 20.7. The summed E-state index contributed by atoms with van der Waals surface area (Å²) >= 11 is 0. The molecule has 0 bridgehead atoms. The van der Waals surface area contributed by atoms with E-state index >= 15 is 0 Å². The second-order valence-electron chi connectivity index (χ2n) is 8.02. The first-order valence-corrected chi connectivity index (χ1v) is 10.7. The molecule has 1 aliphatic heterocycles. The van der Waals surface area contributed by atoms with Crippen molar-refractivity contribution >= 4 is 34.1 Å². The van der Waals surface area contributed by atoms with Crippen molar-refractivity contribution in [3.05, 3.63) is 72.3 Å². The molecule has 1 atom stereocenters. The fourth-order valence-corrected chi connectivity index (χ4v) is 3.52. The van der Waals surface area contributed by atoms with Crippen LogP contribution >= 0.6 is 0 Å². The number of anilines is 3. The molecule has 5 rings (SSSR count). The van der Waals surface area contributed by atoms with Gasteiger partial charge < -0.3 is 20.1 Å². The molecule has 2 N–H and O–H groups in total. The third-order valence-electron chi connectivity index (χ3n) is 5.24. The van der Waals surface area contributed by atoms with Crippen LogP contribution in [0, 0.1) is 13.8 Å². The number of fused-ring (bicyclic) bond motifs is 1. The highest BCUT2D eigenvalue weighted by Gasteiger charge is 2.15. The van der Waals surface area contributed by atoms with Crippen LogP contribution in [0.4, 0.5) is 17.2 Å². The summed E-state index contributed by atoms with van der Waals surface area (Å²) < 4.78 is 11.5. The lowest BCUT2D eigenvalue weighted by molar-refractivity contribution is 0.322. The number of hydrogen-bond donors (Lipinski definition) is 2. The van der Waals surface area contributed by atoms with Gasteiger partial charge in [-0.05, 0) is 74.9 Å². The number of aryl methyl sites for hydroxylation is 2. The van der Waals surface area contributed by atoms with E-state index in [1.165, 1.54) is 0 Å². The Kier molecular flexibility index (Phi) is 5.48. The molecule has 3 heterocycles. The maximum absolute atomic E-state index is 5.98. The van der Waals surface area contributed by atoms with Crippen molar-refractivity contribution in [1.29, 1.82) is 0 Å². The molecule has 166 valence electrons. The van der Waals surface area contributed by atoms with E-state index in [4.69, 9.17) is 9.47 Å². The summed E-state index contributed by atoms with van der Waals surface area (Å²) in [7, 11) is 0. The second kappa shape index (κ2) is 8.74. The number of amidine groups is 1. The van der Waals surface area contributed by atoms with E-state index in [1.54, 1.807) is 12.5 Å². The number of nitrogens with one attached hydrogen (secondary N) is 2. The minimum absolute atomic E-state index is 0.158. The number of ether oxygens (including phenoxy) is 2. The molecule has 0 saturated carbocycles. The van der Waals surface area contributed by atoms with Crippen LogP contribution in [0.5, 0.6) is 11.5 Å². The van der Waals surface area contributed by atoms with E-state index < -0.39 is 0 Å². The SMILES string of the molecule is Cc1ccc(Oc2ccc(Nc3ncnc4ccc(NC5=N[C@@H](C)CO5)cc34)cc2C)cn1. The lowest BCUT2D eigenvalue weighted by Crippen LogP contribution is -2.11. The highest BCUT2D eigenvalue weighted by molar-refractivity contribution is 5.97. The molecular formula is C25H24N6O2. The number of aliphatic imine (C=N–C) groups is 1. The van der Waals surface area contributed by atoms with Crippen LogP contribution in [0.25, 0.3) is 10.9 Å². The van der Waals surface area contributed by atoms with Crippen molar-refractivity contribution in [1.82, 2.24) is 15.0 Å². The van der Waals surface area contributed by atoms with Crippen molar-refractivity contribution in [3.63, 3.8) is 0 Å². The number of rotatable bonds is 5. The van der Waals surface area contributed by atoms with Gasteiger partial charge >= 0.3 is 0 Å². The number of aromatic nitrogens is 3. The molecule has 8 nitrogen and oxygen atoms in total. The first-order valence-electron chi connectivity index (χ1n) is 10.7. The van der Waals surface area contributed by atoms with Crippen molar-refractivity contribution in [2.45, 2.75) is 26.8 Å². The molecule has 0 saturated heterocycles. The van der Waals surface area contributed by atoms with Gasteiger partial charge in [0, 0.05) is 22.5 Å². The average molecular weight is 441 g/mol. The summed E-state index contributed by atoms with van der Waals surface area (Å²) in [6.45, 7) is 6.56. The summed E-state index contributed by atoms with van der Waals surface area (Å²) in [6.07, 6.45) is 3.28. The zero-order valence-electron chi connectivity index (χ0n) is 18.7. The lowest BCUT2D eigenvalue weighted by atomic mass is 10.1. The standard InChI is InChI=1S/C25H24N6O2/c1-15-10-18(6-9-23(15)33-20-7-4-16(2)26-12-20)30-24-21-11-19(5-8-22(21)27-14-28-24)31-25-29-17(3)13-32-25/h4-12,14,17H,13H2,1-3H3,(H,29,31)(H,27,28,30)/t17-/m0/s1. The highest BCUT2D eigenvalue weighted by Crippen LogP contribution is 2.30. The second-order valence-corrected chi connectivity index (χ2v) is 8.02. The molecule has 2 aromatic heterocycles. The number of hydrogen-bond acceptors (Lipinski definition) is 8. The van der Waals surface area contributed by atoms with Gasteiger partial charge in [-0.1, -0.05) is 0 Å². The molecule has 0 radical (unpaired) electrons. The van der Waals surface area contributed by atoms with Crippen LogP contribution in [0.3, 0.4) is 0 Å². The van der Waals surface area contributed by atoms with Gasteiger partial charge in [0.05, 0.1) is 17.8 Å². The van der Waals surface area contributed by atoms with Gasteiger partial charge in [0.15, 0.2) is 0 Å². The molecule has 33 heavy (non-hydrogen) atoms. The highest BCUT2D eigenvalue weighted by atomic mass is 16.5. The Labute approximate surface area is 191 Å². The Morgan fingerprint density at radius 3 is 2.55 bits per heavy atom. The summed E-state index contributed by atoms with van der Waals surface area (Å²) in [4.78, 5) is 17.6. The fraction of sp³-hybridized carbons (Fsp3) is 0.200. The zero-order chi connectivity index (χ0) is 22.8. The van der Waals surface area contributed by atoms with Gasteiger partial charge in [-0.25, -0.2) is 15.0 Å². The summed E-state index contributed by atoms with van der Waals surface area (Å²) in [5.74, 6) is 2.19. The predicted octanol–water partition coefficient (Wildman–Crippen LogP) is 5.36. The molecule has 0 fully saturated rings. The maximum atomic E-state index is 5.98. The Balaban J connectivity index is 1.38. The molecule has 0 aliphatic carbocycles. The molecule has 1 aliphatic rings. The molecule has 8 heteroatoms. The normalized spacial score (nSPS) is 15.1. The topological polar surface area (TPSA) is 93.6 Å². The Morgan fingerprint density at radius 2 is 1.79 bits per heavy atom. The summed E-state index contributed by atoms with van der Waals surface area (Å²) in [6, 6.07) is 16.3. The molecule has 2 aromatic carbocycles. The van der Waals surface area contributed by atoms with E-state index in [2.05, 4.69) is 30.6 Å². The van der Waals surface area contributed by atoms with E-state index in [9.17, 15) is 0 Å². The van der Waals surface area contributed by atoms with Gasteiger partial charge in [0.1, 0.15) is 30.3 Å². The summed E-state index contributed by atoms with van der Waals surface area (Å²) in [5, 5.41) is 7.51. The van der Waals surface area contributed by atoms with Crippen LogP contribution in [-0.4, -0.2) is 33.6 Å². The molecule has 4 aromatic rings. The van der Waals surface area contributed by atoms with Gasteiger partial charge in [-0.2, -0.15) is 0 Å². The smallest absolute Gasteiger partial charge is 0.289 e. The van der Waals surface area contributed by atoms with Crippen LogP contribution in [0.15, 0.2) is 66.0 Å². The monoisotopic (exact) mass is 440 g/mol. The van der Waals surface area contributed by atoms with E-state index in [1.807, 2.05) is 69.3 Å². The van der Waals surface area contributed by atoms with E-state index in [0.717, 1.165) is 39.3 Å². The third kappa shape index (κ3) is 4.69. The number of nitrogens with zero attached hydrogens (tertiary/aromatic N) is 4. The third-order valence-corrected chi connectivity index (χ3v) is 5.24. The Morgan fingerprint density at radius 1 is 0.939 bits per heavy atom. The lowest BCUT2D eigenvalue weighted by Gasteiger charge is -2.13. The molecule has 0 amide bonds. The van der Waals surface area contributed by atoms with Crippen molar-refractivity contribution in [2.24, 2.45) is 4.99 Å². The van der Waals surface area contributed by atoms with Gasteiger partial charge in [-0.3, -0.25) is 4.98 Å². The number of pyridine rings is 1. The van der Waals surface area contributed by atoms with Crippen molar-refractivity contribution in [3.8, 4) is 11.5 Å². The van der Waals surface area contributed by atoms with Crippen LogP contribution in [-0.2, 0) is 4.74 Å². The average Bonchev–Trinajstić information content (AvgIpc) is 3.22. The van der Waals surface area contributed by atoms with Crippen LogP contribution in [0.2, 0.25) is 0 Å². The van der Waals surface area contributed by atoms with Crippen molar-refractivity contribution in [2.75, 3.05) is 17.2 Å². The quantitative estimate of drug-likeness (QED) is 0.431. The predicted molar refractivity (Wildman–Crippen MR) is 130 cm³/mol. The van der Waals surface area contributed by atoms with E-state index in [-0.39, 0.29) is 6.04 Å². The van der Waals surface area contributed by atoms with Crippen molar-refractivity contribution < 1.29 is 9.47 Å². The van der Waals surface area contributed by atoms with Gasteiger partial charge in [0.2, 0.25) is 0 Å². The first-order chi connectivity index (χ1) is 16.0. The number of benzene rings is 2. The molecule has 0 unspecified atom stereocenters. The minimum atomic E-state index is 0.158. The summed E-state index contributed by atoms with van der Waals surface area (Å²) in [5.41, 5.74) is 4.54. The minimum Gasteiger partial charge on any atom is -0.463 e.